The van der Waals surface area contributed by atoms with Crippen molar-refractivity contribution >= 4 is 22.9 Å². The van der Waals surface area contributed by atoms with Crippen LogP contribution in [0.25, 0.3) is 6.08 Å². The summed E-state index contributed by atoms with van der Waals surface area (Å²) in [6.45, 7) is 0. The van der Waals surface area contributed by atoms with Gasteiger partial charge in [-0.3, -0.25) is 0 Å². The van der Waals surface area contributed by atoms with Gasteiger partial charge in [-0.2, -0.15) is 10.9 Å². The first-order valence-electron chi connectivity index (χ1n) is 3.85. The minimum Gasteiger partial charge on any atom is -0.477 e. The van der Waals surface area contributed by atoms with Gasteiger partial charge in [-0.25, -0.2) is 4.79 Å². The maximum Gasteiger partial charge on any atom is 0.340 e. The quantitative estimate of drug-likeness (QED) is 0.671. The van der Waals surface area contributed by atoms with E-state index < -0.39 is 16.9 Å². The Bertz CT molecular complexity index is 396. The van der Waals surface area contributed by atoms with Crippen LogP contribution in [0.5, 0.6) is 0 Å². The van der Waals surface area contributed by atoms with Gasteiger partial charge in [0, 0.05) is 0 Å². The molecule has 1 aromatic carbocycles. The largest absolute Gasteiger partial charge is 0.477 e. The number of carbonyl (C=O) groups is 1. The van der Waals surface area contributed by atoms with Crippen molar-refractivity contribution in [1.29, 1.82) is 0 Å². The highest BCUT2D eigenvalue weighted by molar-refractivity contribution is 8.22. The fourth-order valence-corrected chi connectivity index (χ4v) is 2.89. The van der Waals surface area contributed by atoms with E-state index in [9.17, 15) is 4.79 Å². The topological polar surface area (TPSA) is 37.3 Å². The van der Waals surface area contributed by atoms with E-state index in [1.807, 2.05) is 24.3 Å². The second kappa shape index (κ2) is 2.92. The molecule has 3 heteroatoms. The lowest BCUT2D eigenvalue weighted by Crippen LogP contribution is -1.96. The van der Waals surface area contributed by atoms with E-state index in [4.69, 9.17) is 5.11 Å². The second-order valence-electron chi connectivity index (χ2n) is 2.82. The first-order chi connectivity index (χ1) is 6.20. The van der Waals surface area contributed by atoms with E-state index in [1.165, 1.54) is 0 Å². The molecular weight excluding hydrogens is 184 g/mol. The van der Waals surface area contributed by atoms with Crippen molar-refractivity contribution in [3.63, 3.8) is 0 Å². The Kier molecular flexibility index (Phi) is 1.88. The zero-order chi connectivity index (χ0) is 9.42. The predicted molar refractivity (Wildman–Crippen MR) is 54.7 cm³/mol. The Hall–Kier alpha value is -1.22. The summed E-state index contributed by atoms with van der Waals surface area (Å²) in [4.78, 5) is 12.3. The minimum atomic E-state index is -0.872. The Morgan fingerprint density at radius 3 is 2.69 bits per heavy atom. The number of aliphatic carboxylic acids is 1. The number of thiol groups is 1. The van der Waals surface area contributed by atoms with Crippen LogP contribution in [0.1, 0.15) is 5.56 Å². The highest BCUT2D eigenvalue weighted by atomic mass is 32.2. The summed E-state index contributed by atoms with van der Waals surface area (Å²) in [5.74, 6) is -0.850. The zero-order valence-electron chi connectivity index (χ0n) is 6.90. The molecule has 0 amide bonds. The lowest BCUT2D eigenvalue weighted by Gasteiger charge is -2.11. The molecule has 1 N–H and O–H groups in total. The third kappa shape index (κ3) is 1.25. The number of hydrogen-bond acceptors (Lipinski definition) is 1. The molecule has 0 fully saturated rings. The van der Waals surface area contributed by atoms with Crippen LogP contribution in [0.3, 0.4) is 0 Å². The molecule has 0 aliphatic carbocycles. The van der Waals surface area contributed by atoms with Crippen LogP contribution in [-0.2, 0) is 4.79 Å². The molecule has 1 aliphatic rings. The summed E-state index contributed by atoms with van der Waals surface area (Å²) in [6.07, 6.45) is 5.62. The molecular formula is C10H9O2S. The van der Waals surface area contributed by atoms with E-state index >= 15 is 0 Å². The van der Waals surface area contributed by atoms with Crippen molar-refractivity contribution < 1.29 is 9.90 Å². The summed E-state index contributed by atoms with van der Waals surface area (Å²) in [6, 6.07) is 7.69. The number of carboxylic acid groups (broad SMARTS) is 1. The minimum absolute atomic E-state index is 0.441. The average molecular weight is 193 g/mol. The Morgan fingerprint density at radius 2 is 2.08 bits per heavy atom. The lowest BCUT2D eigenvalue weighted by atomic mass is 10.2. The molecule has 0 saturated carbocycles. The molecule has 0 spiro atoms. The maximum atomic E-state index is 10.8. The summed E-state index contributed by atoms with van der Waals surface area (Å²) in [5, 5.41) is 8.86. The molecule has 67 valence electrons. The molecule has 0 aromatic heterocycles. The Labute approximate surface area is 79.2 Å². The molecule has 1 atom stereocenters. The van der Waals surface area contributed by atoms with Gasteiger partial charge in [-0.15, -0.1) is 0 Å². The normalized spacial score (nSPS) is 22.2. The van der Waals surface area contributed by atoms with Gasteiger partial charge in [-0.1, -0.05) is 18.2 Å². The molecule has 2 rings (SSSR count). The maximum absolute atomic E-state index is 10.8. The van der Waals surface area contributed by atoms with E-state index in [1.54, 1.807) is 6.08 Å². The fraction of sp³-hybridized carbons (Fsp3) is 0. The molecule has 0 saturated heterocycles. The van der Waals surface area contributed by atoms with Gasteiger partial charge in [-0.05, 0) is 28.9 Å². The van der Waals surface area contributed by atoms with E-state index in [2.05, 4.69) is 6.26 Å². The molecule has 2 nitrogen and oxygen atoms in total. The SMILES string of the molecule is [CH2][SH]1C(C(=O)O)=Cc2ccccc21. The first kappa shape index (κ1) is 8.38. The van der Waals surface area contributed by atoms with Crippen LogP contribution < -0.4 is 0 Å². The van der Waals surface area contributed by atoms with Crippen LogP contribution in [-0.4, -0.2) is 11.1 Å². The second-order valence-corrected chi connectivity index (χ2v) is 4.64. The first-order valence-corrected chi connectivity index (χ1v) is 5.37. The Balaban J connectivity index is 2.50. The number of hydrogen-bond donors (Lipinski definition) is 2. The van der Waals surface area contributed by atoms with Gasteiger partial charge in [0.15, 0.2) is 0 Å². The van der Waals surface area contributed by atoms with Crippen molar-refractivity contribution in [3.05, 3.63) is 41.0 Å². The van der Waals surface area contributed by atoms with Crippen LogP contribution in [0.2, 0.25) is 0 Å². The summed E-state index contributed by atoms with van der Waals surface area (Å²) >= 11 is 0. The van der Waals surface area contributed by atoms with E-state index in [-0.39, 0.29) is 0 Å². The van der Waals surface area contributed by atoms with E-state index in [0.717, 1.165) is 10.5 Å². The summed E-state index contributed by atoms with van der Waals surface area (Å²) < 4.78 is 0. The van der Waals surface area contributed by atoms with Crippen LogP contribution in [0, 0.1) is 6.26 Å². The van der Waals surface area contributed by atoms with Gasteiger partial charge < -0.3 is 5.11 Å². The van der Waals surface area contributed by atoms with Crippen LogP contribution in [0.15, 0.2) is 34.1 Å². The predicted octanol–water partition coefficient (Wildman–Crippen LogP) is 2.28. The third-order valence-electron chi connectivity index (χ3n) is 2.03. The van der Waals surface area contributed by atoms with Gasteiger partial charge in [0.25, 0.3) is 0 Å². The van der Waals surface area contributed by atoms with Crippen molar-refractivity contribution in [1.82, 2.24) is 0 Å². The number of carboxylic acids is 1. The fourth-order valence-electron chi connectivity index (χ4n) is 1.39. The van der Waals surface area contributed by atoms with Crippen LogP contribution >= 0.6 is 10.9 Å². The molecule has 1 aliphatic heterocycles. The molecule has 1 heterocycles. The van der Waals surface area contributed by atoms with Crippen molar-refractivity contribution in [2.75, 3.05) is 0 Å². The van der Waals surface area contributed by atoms with E-state index in [0.29, 0.717) is 4.91 Å². The third-order valence-corrected chi connectivity index (χ3v) is 3.92. The van der Waals surface area contributed by atoms with Crippen molar-refractivity contribution in [2.45, 2.75) is 4.90 Å². The summed E-state index contributed by atoms with van der Waals surface area (Å²) in [5.41, 5.74) is 1.00. The molecule has 1 radical (unpaired) electrons. The molecule has 13 heavy (non-hydrogen) atoms. The lowest BCUT2D eigenvalue weighted by molar-refractivity contribution is -0.131. The number of benzene rings is 1. The van der Waals surface area contributed by atoms with Gasteiger partial charge in [0.05, 0.1) is 4.91 Å². The Morgan fingerprint density at radius 1 is 1.38 bits per heavy atom. The smallest absolute Gasteiger partial charge is 0.340 e. The van der Waals surface area contributed by atoms with Gasteiger partial charge in [0.1, 0.15) is 0 Å². The zero-order valence-corrected chi connectivity index (χ0v) is 7.79. The molecule has 1 unspecified atom stereocenters. The summed E-state index contributed by atoms with van der Waals surface area (Å²) in [7, 11) is -0.872. The molecule has 1 aromatic rings. The van der Waals surface area contributed by atoms with Gasteiger partial charge >= 0.3 is 5.97 Å². The monoisotopic (exact) mass is 193 g/mol. The standard InChI is InChI=1S/C10H9O2S/c1-13-8-5-3-2-4-7(8)6-9(13)10(11)12/h2-6,13H,1H2,(H,11,12). The highest BCUT2D eigenvalue weighted by Gasteiger charge is 2.22. The molecule has 0 bridgehead atoms. The van der Waals surface area contributed by atoms with Crippen molar-refractivity contribution in [2.24, 2.45) is 0 Å². The van der Waals surface area contributed by atoms with Crippen molar-refractivity contribution in [3.8, 4) is 0 Å². The van der Waals surface area contributed by atoms with Gasteiger partial charge in [0.2, 0.25) is 0 Å². The number of rotatable bonds is 1. The average Bonchev–Trinajstić information content (AvgIpc) is 2.45. The highest BCUT2D eigenvalue weighted by Crippen LogP contribution is 2.50. The number of fused-ring (bicyclic) bond motifs is 1. The van der Waals surface area contributed by atoms with Crippen LogP contribution in [0.4, 0.5) is 0 Å².